The number of aromatic nitrogens is 1. The number of Topliss-reactive ketones (excluding diaryl/α,β-unsaturated/α-hetero) is 3. The predicted molar refractivity (Wildman–Crippen MR) is 240 cm³/mol. The summed E-state index contributed by atoms with van der Waals surface area (Å²) in [5.41, 5.74) is 13.7. The van der Waals surface area contributed by atoms with Crippen LogP contribution in [0.1, 0.15) is 105 Å². The lowest BCUT2D eigenvalue weighted by Crippen LogP contribution is -2.53. The van der Waals surface area contributed by atoms with Crippen LogP contribution in [0.2, 0.25) is 0 Å². The van der Waals surface area contributed by atoms with Crippen LogP contribution in [0.5, 0.6) is 0 Å². The fraction of sp³-hybridized carbons (Fsp3) is 0.561. The number of carbonyl (C=O) groups excluding carboxylic acids is 6. The Morgan fingerprint density at radius 1 is 0.831 bits per heavy atom. The summed E-state index contributed by atoms with van der Waals surface area (Å²) in [5, 5.41) is 21.3. The van der Waals surface area contributed by atoms with Gasteiger partial charge in [-0.15, -0.1) is 0 Å². The molecule has 2 aromatic rings. The number of hydrogen-bond acceptors (Lipinski definition) is 10. The molecule has 0 aliphatic heterocycles. The molecule has 3 amide bonds. The molecule has 0 radical (unpaired) electrons. The first-order valence-corrected chi connectivity index (χ1v) is 20.9. The van der Waals surface area contributed by atoms with E-state index in [-0.39, 0.29) is 61.8 Å². The number of hydrogen-bond donors (Lipinski definition) is 8. The van der Waals surface area contributed by atoms with E-state index in [9.17, 15) is 28.8 Å². The van der Waals surface area contributed by atoms with Crippen LogP contribution in [-0.4, -0.2) is 87.4 Å². The van der Waals surface area contributed by atoms with Crippen molar-refractivity contribution in [3.05, 3.63) is 36.0 Å². The van der Waals surface area contributed by atoms with Gasteiger partial charge in [-0.1, -0.05) is 45.4 Å². The van der Waals surface area contributed by atoms with Crippen molar-refractivity contribution in [1.82, 2.24) is 37.1 Å². The van der Waals surface area contributed by atoms with Gasteiger partial charge < -0.3 is 32.0 Å². The second-order valence-corrected chi connectivity index (χ2v) is 15.7. The Morgan fingerprint density at radius 3 is 2.12 bits per heavy atom. The zero-order valence-electron chi connectivity index (χ0n) is 35.3. The average molecular weight is 855 g/mol. The molecule has 1 aromatic carbocycles. The van der Waals surface area contributed by atoms with Crippen LogP contribution in [0.4, 0.5) is 0 Å². The molecule has 0 bridgehead atoms. The molecule has 0 saturated heterocycles. The van der Waals surface area contributed by atoms with E-state index in [1.807, 2.05) is 38.1 Å². The van der Waals surface area contributed by atoms with E-state index in [1.165, 1.54) is 0 Å². The number of para-hydroxylation sites is 1. The SMILES string of the molecule is CCC(=O)C(CC(=O)C(C)NC(=O)C(Cc1c[nH]c2ccccc12)NC(=O)C(CCC(N)=O)CC(=O)CCCCCNC(=S)N/N=C(C)/C(C)=N/NC(=S)NC)C(C)C. The van der Waals surface area contributed by atoms with Crippen molar-refractivity contribution >= 4 is 92.1 Å². The normalized spacial score (nSPS) is 13.8. The number of aromatic amines is 1. The maximum atomic E-state index is 13.9. The van der Waals surface area contributed by atoms with Gasteiger partial charge in [0.05, 0.1) is 17.5 Å². The number of primary amides is 1. The Bertz CT molecular complexity index is 1860. The van der Waals surface area contributed by atoms with Crippen LogP contribution < -0.4 is 37.9 Å². The second-order valence-electron chi connectivity index (χ2n) is 14.9. The van der Waals surface area contributed by atoms with Gasteiger partial charge in [0, 0.05) is 81.1 Å². The van der Waals surface area contributed by atoms with Crippen molar-refractivity contribution in [1.29, 1.82) is 0 Å². The molecule has 9 N–H and O–H groups in total. The highest BCUT2D eigenvalue weighted by molar-refractivity contribution is 7.80. The van der Waals surface area contributed by atoms with Crippen molar-refractivity contribution < 1.29 is 28.8 Å². The number of thiocarbonyl (C=S) groups is 2. The van der Waals surface area contributed by atoms with E-state index in [4.69, 9.17) is 30.2 Å². The molecule has 1 heterocycles. The van der Waals surface area contributed by atoms with Gasteiger partial charge in [0.2, 0.25) is 17.7 Å². The minimum atomic E-state index is -1.12. The Labute approximate surface area is 357 Å². The lowest BCUT2D eigenvalue weighted by atomic mass is 9.85. The number of amides is 3. The van der Waals surface area contributed by atoms with E-state index < -0.39 is 41.6 Å². The van der Waals surface area contributed by atoms with Gasteiger partial charge in [-0.2, -0.15) is 10.2 Å². The number of fused-ring (bicyclic) bond motifs is 1. The summed E-state index contributed by atoms with van der Waals surface area (Å²) >= 11 is 10.3. The highest BCUT2D eigenvalue weighted by atomic mass is 32.1. The molecule has 4 atom stereocenters. The molecule has 0 aliphatic rings. The van der Waals surface area contributed by atoms with Gasteiger partial charge in [-0.05, 0) is 82.0 Å². The highest BCUT2D eigenvalue weighted by Gasteiger charge is 2.31. The number of benzene rings is 1. The monoisotopic (exact) mass is 854 g/mol. The Kier molecular flexibility index (Phi) is 22.1. The van der Waals surface area contributed by atoms with Gasteiger partial charge in [0.25, 0.3) is 0 Å². The fourth-order valence-corrected chi connectivity index (χ4v) is 6.36. The lowest BCUT2D eigenvalue weighted by Gasteiger charge is -2.25. The minimum Gasteiger partial charge on any atom is -0.370 e. The van der Waals surface area contributed by atoms with E-state index in [1.54, 1.807) is 40.9 Å². The van der Waals surface area contributed by atoms with Gasteiger partial charge in [-0.3, -0.25) is 39.6 Å². The number of nitrogens with zero attached hydrogens (tertiary/aromatic N) is 2. The minimum absolute atomic E-state index is 0.0130. The highest BCUT2D eigenvalue weighted by Crippen LogP contribution is 2.22. The Balaban J connectivity index is 2.05. The van der Waals surface area contributed by atoms with E-state index >= 15 is 0 Å². The summed E-state index contributed by atoms with van der Waals surface area (Å²) in [6, 6.07) is 5.47. The number of H-pyrrole nitrogens is 1. The third kappa shape index (κ3) is 18.1. The number of ketones is 3. The first-order valence-electron chi connectivity index (χ1n) is 20.1. The first-order chi connectivity index (χ1) is 28.0. The second kappa shape index (κ2) is 26.1. The largest absolute Gasteiger partial charge is 0.370 e. The van der Waals surface area contributed by atoms with E-state index in [2.05, 4.69) is 47.3 Å². The molecule has 59 heavy (non-hydrogen) atoms. The van der Waals surface area contributed by atoms with Gasteiger partial charge in [-0.25, -0.2) is 0 Å². The summed E-state index contributed by atoms with van der Waals surface area (Å²) in [6.07, 6.45) is 4.10. The topological polar surface area (TPSA) is 241 Å². The number of nitrogens with one attached hydrogen (secondary N) is 7. The van der Waals surface area contributed by atoms with E-state index in [0.29, 0.717) is 53.9 Å². The third-order valence-electron chi connectivity index (χ3n) is 9.96. The van der Waals surface area contributed by atoms with Crippen molar-refractivity contribution in [2.24, 2.45) is 33.7 Å². The molecule has 324 valence electrons. The number of hydrazone groups is 2. The van der Waals surface area contributed by atoms with Crippen molar-refractivity contribution in [2.45, 2.75) is 118 Å². The molecular weight excluding hydrogens is 793 g/mol. The van der Waals surface area contributed by atoms with Gasteiger partial charge >= 0.3 is 0 Å². The Morgan fingerprint density at radius 2 is 1.49 bits per heavy atom. The van der Waals surface area contributed by atoms with Crippen LogP contribution in [0.15, 0.2) is 40.7 Å². The maximum absolute atomic E-state index is 13.9. The summed E-state index contributed by atoms with van der Waals surface area (Å²) < 4.78 is 0. The number of carbonyl (C=O) groups is 6. The van der Waals surface area contributed by atoms with Crippen LogP contribution in [-0.2, 0) is 35.2 Å². The molecule has 16 nitrogen and oxygen atoms in total. The number of rotatable bonds is 26. The number of nitrogens with two attached hydrogens (primary N) is 1. The zero-order valence-corrected chi connectivity index (χ0v) is 36.9. The van der Waals surface area contributed by atoms with Crippen LogP contribution in [0.25, 0.3) is 10.9 Å². The first kappa shape index (κ1) is 50.0. The maximum Gasteiger partial charge on any atom is 0.243 e. The van der Waals surface area contributed by atoms with Crippen molar-refractivity contribution in [3.8, 4) is 0 Å². The summed E-state index contributed by atoms with van der Waals surface area (Å²) in [7, 11) is 1.68. The molecule has 0 fully saturated rings. The Hall–Kier alpha value is -5.10. The molecule has 0 spiro atoms. The van der Waals surface area contributed by atoms with Crippen LogP contribution >= 0.6 is 24.4 Å². The summed E-state index contributed by atoms with van der Waals surface area (Å²) in [6.45, 7) is 11.2. The lowest BCUT2D eigenvalue weighted by molar-refractivity contribution is -0.135. The zero-order chi connectivity index (χ0) is 44.1. The average Bonchev–Trinajstić information content (AvgIpc) is 3.61. The molecule has 4 unspecified atom stereocenters. The van der Waals surface area contributed by atoms with Crippen molar-refractivity contribution in [2.75, 3.05) is 13.6 Å². The third-order valence-corrected chi connectivity index (χ3v) is 10.5. The fourth-order valence-electron chi connectivity index (χ4n) is 6.16. The smallest absolute Gasteiger partial charge is 0.243 e. The summed E-state index contributed by atoms with van der Waals surface area (Å²) in [5.74, 6) is -3.69. The van der Waals surface area contributed by atoms with Gasteiger partial charge in [0.15, 0.2) is 16.0 Å². The van der Waals surface area contributed by atoms with Crippen LogP contribution in [0, 0.1) is 17.8 Å². The number of unbranched alkanes of at least 4 members (excludes halogenated alkanes) is 2. The molecule has 0 saturated carbocycles. The predicted octanol–water partition coefficient (Wildman–Crippen LogP) is 3.62. The van der Waals surface area contributed by atoms with Gasteiger partial charge in [0.1, 0.15) is 17.6 Å². The standard InChI is InChI=1S/C41H62N10O6S2/c1-8-35(53)32(24(2)3)22-36(54)27(6)46-39(57)34(21-29-23-45-33-16-12-11-15-31(29)33)47-38(56)28(17-18-37(42)55)20-30(52)14-10-9-13-19-44-41(59)51-49-26(5)25(4)48-50-40(58)43-7/h11-12,15-16,23-24,27-28,32,34,45H,8-10,13-14,17-22H2,1-7H3,(H2,42,55)(H,46,57)(H,47,56)(H2,43,50,58)(H2,44,51,59)/b48-25+,49-26+. The quantitative estimate of drug-likeness (QED) is 0.0293. The molecule has 1 aromatic heterocycles. The molecule has 2 rings (SSSR count). The summed E-state index contributed by atoms with van der Waals surface area (Å²) in [4.78, 5) is 81.6. The van der Waals surface area contributed by atoms with Crippen LogP contribution in [0.3, 0.4) is 0 Å². The molecule has 18 heteroatoms. The molecule has 0 aliphatic carbocycles. The van der Waals surface area contributed by atoms with E-state index in [0.717, 1.165) is 16.5 Å². The van der Waals surface area contributed by atoms with Crippen molar-refractivity contribution in [3.63, 3.8) is 0 Å². The molecular formula is C41H62N10O6S2.